The Bertz CT molecular complexity index is 1060. The quantitative estimate of drug-likeness (QED) is 0.681. The van der Waals surface area contributed by atoms with E-state index in [1.807, 2.05) is 0 Å². The van der Waals surface area contributed by atoms with Gasteiger partial charge >= 0.3 is 0 Å². The maximum atomic E-state index is 9.83. The third-order valence-corrected chi connectivity index (χ3v) is 6.52. The van der Waals surface area contributed by atoms with E-state index in [0.29, 0.717) is 6.04 Å². The van der Waals surface area contributed by atoms with Crippen LogP contribution in [0, 0.1) is 6.92 Å². The molecule has 2 heterocycles. The standard InChI is InChI=1S/C23H26N2O2/c1-13-5-6-15-16(8-13)17-9-14(12-26)21(27-2)10-18(17)19-11-25-7-3-4-20(25)23(24)22(15)19/h5-6,8-10,20,23,26H,3-4,7,11-12,24H2,1-2H3/t20-,23?/m0/s1. The highest BCUT2D eigenvalue weighted by Crippen LogP contribution is 2.45. The summed E-state index contributed by atoms with van der Waals surface area (Å²) < 4.78 is 5.58. The minimum Gasteiger partial charge on any atom is -0.496 e. The number of aliphatic hydroxyl groups excluding tert-OH is 1. The molecule has 1 unspecified atom stereocenters. The van der Waals surface area contributed by atoms with Gasteiger partial charge in [0.1, 0.15) is 5.75 Å². The second-order valence-electron chi connectivity index (χ2n) is 8.01. The second-order valence-corrected chi connectivity index (χ2v) is 8.01. The topological polar surface area (TPSA) is 58.7 Å². The lowest BCUT2D eigenvalue weighted by molar-refractivity contribution is 0.200. The van der Waals surface area contributed by atoms with Crippen LogP contribution in [0.5, 0.6) is 5.75 Å². The van der Waals surface area contributed by atoms with Crippen LogP contribution >= 0.6 is 0 Å². The van der Waals surface area contributed by atoms with Crippen LogP contribution in [-0.2, 0) is 13.2 Å². The van der Waals surface area contributed by atoms with Crippen LogP contribution in [0.1, 0.15) is 41.1 Å². The highest BCUT2D eigenvalue weighted by Gasteiger charge is 2.37. The molecule has 5 rings (SSSR count). The van der Waals surface area contributed by atoms with Crippen LogP contribution in [0.4, 0.5) is 0 Å². The molecule has 3 N–H and O–H groups in total. The van der Waals surface area contributed by atoms with Crippen molar-refractivity contribution in [1.82, 2.24) is 4.90 Å². The number of aliphatic hydroxyl groups is 1. The van der Waals surface area contributed by atoms with Crippen LogP contribution in [0.3, 0.4) is 0 Å². The van der Waals surface area contributed by atoms with Gasteiger partial charge < -0.3 is 15.6 Å². The zero-order valence-corrected chi connectivity index (χ0v) is 16.0. The van der Waals surface area contributed by atoms with Crippen molar-refractivity contribution in [2.24, 2.45) is 5.73 Å². The normalized spacial score (nSPS) is 22.2. The Labute approximate surface area is 159 Å². The first kappa shape index (κ1) is 17.0. The fourth-order valence-corrected chi connectivity index (χ4v) is 5.24. The summed E-state index contributed by atoms with van der Waals surface area (Å²) in [6.45, 7) is 4.16. The predicted molar refractivity (Wildman–Crippen MR) is 109 cm³/mol. The van der Waals surface area contributed by atoms with Crippen LogP contribution in [0.25, 0.3) is 21.5 Å². The van der Waals surface area contributed by atoms with Gasteiger partial charge in [-0.15, -0.1) is 0 Å². The first-order chi connectivity index (χ1) is 13.1. The number of nitrogens with zero attached hydrogens (tertiary/aromatic N) is 1. The molecular weight excluding hydrogens is 336 g/mol. The van der Waals surface area contributed by atoms with Gasteiger partial charge in [-0.05, 0) is 71.1 Å². The van der Waals surface area contributed by atoms with Gasteiger partial charge in [-0.25, -0.2) is 0 Å². The van der Waals surface area contributed by atoms with E-state index in [1.165, 1.54) is 51.1 Å². The summed E-state index contributed by atoms with van der Waals surface area (Å²) in [5, 5.41) is 14.7. The summed E-state index contributed by atoms with van der Waals surface area (Å²) in [4.78, 5) is 2.54. The van der Waals surface area contributed by atoms with E-state index < -0.39 is 0 Å². The molecule has 0 spiro atoms. The molecular formula is C23H26N2O2. The first-order valence-corrected chi connectivity index (χ1v) is 9.78. The molecule has 0 amide bonds. The Morgan fingerprint density at radius 1 is 1.15 bits per heavy atom. The maximum absolute atomic E-state index is 9.83. The van der Waals surface area contributed by atoms with Gasteiger partial charge in [0.05, 0.1) is 13.7 Å². The van der Waals surface area contributed by atoms with E-state index in [4.69, 9.17) is 10.5 Å². The Morgan fingerprint density at radius 2 is 1.96 bits per heavy atom. The van der Waals surface area contributed by atoms with Crippen molar-refractivity contribution in [3.05, 3.63) is 52.6 Å². The lowest BCUT2D eigenvalue weighted by atomic mass is 9.82. The molecule has 2 atom stereocenters. The minimum atomic E-state index is -0.0305. The zero-order chi connectivity index (χ0) is 18.7. The average molecular weight is 362 g/mol. The number of hydrogen-bond donors (Lipinski definition) is 2. The molecule has 2 aliphatic heterocycles. The minimum absolute atomic E-state index is 0.0305. The van der Waals surface area contributed by atoms with Gasteiger partial charge in [-0.2, -0.15) is 0 Å². The molecule has 4 nitrogen and oxygen atoms in total. The number of ether oxygens (including phenoxy) is 1. The fourth-order valence-electron chi connectivity index (χ4n) is 5.24. The lowest BCUT2D eigenvalue weighted by Gasteiger charge is -2.38. The average Bonchev–Trinajstić information content (AvgIpc) is 3.16. The molecule has 2 aliphatic rings. The van der Waals surface area contributed by atoms with Crippen molar-refractivity contribution >= 4 is 21.5 Å². The third-order valence-electron chi connectivity index (χ3n) is 6.52. The molecule has 27 heavy (non-hydrogen) atoms. The van der Waals surface area contributed by atoms with Crippen molar-refractivity contribution in [2.75, 3.05) is 13.7 Å². The summed E-state index contributed by atoms with van der Waals surface area (Å²) in [7, 11) is 1.67. The first-order valence-electron chi connectivity index (χ1n) is 9.78. The Hall–Kier alpha value is -2.14. The molecule has 0 radical (unpaired) electrons. The van der Waals surface area contributed by atoms with Crippen LogP contribution in [0.15, 0.2) is 30.3 Å². The number of aryl methyl sites for hydroxylation is 1. The highest BCUT2D eigenvalue weighted by molar-refractivity contribution is 6.12. The van der Waals surface area contributed by atoms with Crippen LogP contribution in [0.2, 0.25) is 0 Å². The Morgan fingerprint density at radius 3 is 2.74 bits per heavy atom. The van der Waals surface area contributed by atoms with E-state index >= 15 is 0 Å². The van der Waals surface area contributed by atoms with E-state index in [9.17, 15) is 5.11 Å². The molecule has 0 aromatic heterocycles. The number of hydrogen-bond acceptors (Lipinski definition) is 4. The number of methoxy groups -OCH3 is 1. The van der Waals surface area contributed by atoms with Crippen molar-refractivity contribution in [1.29, 1.82) is 0 Å². The predicted octanol–water partition coefficient (Wildman–Crippen LogP) is 3.78. The molecule has 1 fully saturated rings. The SMILES string of the molecule is COc1cc2c3c(c4ccc(C)cc4c2cc1CO)C(N)[C@@H]1CCCN1C3. The van der Waals surface area contributed by atoms with Crippen molar-refractivity contribution in [3.63, 3.8) is 0 Å². The van der Waals surface area contributed by atoms with Crippen molar-refractivity contribution in [3.8, 4) is 5.75 Å². The molecule has 1 saturated heterocycles. The van der Waals surface area contributed by atoms with E-state index in [1.54, 1.807) is 7.11 Å². The van der Waals surface area contributed by atoms with Gasteiger partial charge in [0.15, 0.2) is 0 Å². The summed E-state index contributed by atoms with van der Waals surface area (Å²) in [6.07, 6.45) is 2.40. The monoisotopic (exact) mass is 362 g/mol. The summed E-state index contributed by atoms with van der Waals surface area (Å²) in [5.74, 6) is 0.747. The fraction of sp³-hybridized carbons (Fsp3) is 0.391. The van der Waals surface area contributed by atoms with Gasteiger partial charge in [0, 0.05) is 24.2 Å². The highest BCUT2D eigenvalue weighted by atomic mass is 16.5. The van der Waals surface area contributed by atoms with E-state index in [2.05, 4.69) is 42.2 Å². The smallest absolute Gasteiger partial charge is 0.125 e. The molecule has 0 saturated carbocycles. The molecule has 3 aromatic carbocycles. The Balaban J connectivity index is 1.93. The third kappa shape index (κ3) is 2.40. The van der Waals surface area contributed by atoms with Gasteiger partial charge in [0.25, 0.3) is 0 Å². The zero-order valence-electron chi connectivity index (χ0n) is 16.0. The Kier molecular flexibility index (Phi) is 3.90. The van der Waals surface area contributed by atoms with Gasteiger partial charge in [0.2, 0.25) is 0 Å². The van der Waals surface area contributed by atoms with E-state index in [0.717, 1.165) is 24.4 Å². The molecule has 3 aromatic rings. The number of nitrogens with two attached hydrogens (primary N) is 1. The van der Waals surface area contributed by atoms with E-state index in [-0.39, 0.29) is 12.6 Å². The number of rotatable bonds is 2. The summed E-state index contributed by atoms with van der Waals surface area (Å²) in [5.41, 5.74) is 11.5. The second kappa shape index (κ2) is 6.20. The van der Waals surface area contributed by atoms with Crippen molar-refractivity contribution < 1.29 is 9.84 Å². The largest absolute Gasteiger partial charge is 0.496 e. The molecule has 140 valence electrons. The summed E-state index contributed by atoms with van der Waals surface area (Å²) >= 11 is 0. The lowest BCUT2D eigenvalue weighted by Crippen LogP contribution is -2.42. The summed E-state index contributed by atoms with van der Waals surface area (Å²) in [6, 6.07) is 11.3. The number of benzene rings is 3. The molecule has 4 heteroatoms. The number of fused-ring (bicyclic) bond motifs is 7. The van der Waals surface area contributed by atoms with Crippen LogP contribution < -0.4 is 10.5 Å². The van der Waals surface area contributed by atoms with Crippen molar-refractivity contribution in [2.45, 2.75) is 45.0 Å². The molecule has 0 aliphatic carbocycles. The molecule has 0 bridgehead atoms. The van der Waals surface area contributed by atoms with Crippen LogP contribution in [-0.4, -0.2) is 29.7 Å². The van der Waals surface area contributed by atoms with Gasteiger partial charge in [-0.1, -0.05) is 23.8 Å². The maximum Gasteiger partial charge on any atom is 0.125 e. The van der Waals surface area contributed by atoms with Gasteiger partial charge in [-0.3, -0.25) is 4.90 Å².